The maximum Gasteiger partial charge on any atom is 0.303 e. The molecule has 21 heavy (non-hydrogen) atoms. The first-order valence-corrected chi connectivity index (χ1v) is 6.94. The highest BCUT2D eigenvalue weighted by molar-refractivity contribution is 6.00. The van der Waals surface area contributed by atoms with E-state index in [1.165, 1.54) is 0 Å². The van der Waals surface area contributed by atoms with Crippen molar-refractivity contribution in [3.8, 4) is 11.5 Å². The molecule has 6 heteroatoms. The van der Waals surface area contributed by atoms with Crippen LogP contribution < -0.4 is 14.8 Å². The lowest BCUT2D eigenvalue weighted by molar-refractivity contribution is -0.137. The van der Waals surface area contributed by atoms with Crippen LogP contribution >= 0.6 is 0 Å². The smallest absolute Gasteiger partial charge is 0.303 e. The molecule has 0 fully saturated rings. The molecule has 0 bridgehead atoms. The highest BCUT2D eigenvalue weighted by Crippen LogP contribution is 2.30. The highest BCUT2D eigenvalue weighted by Gasteiger charge is 2.21. The number of rotatable bonds is 6. The zero-order chi connectivity index (χ0) is 15.2. The Morgan fingerprint density at radius 1 is 1.29 bits per heavy atom. The molecule has 1 aliphatic heterocycles. The topological polar surface area (TPSA) is 84.9 Å². The number of hydrogen-bond acceptors (Lipinski definition) is 5. The van der Waals surface area contributed by atoms with Crippen molar-refractivity contribution in [2.45, 2.75) is 25.3 Å². The molecule has 0 spiro atoms. The van der Waals surface area contributed by atoms with Crippen LogP contribution in [-0.4, -0.2) is 43.2 Å². The lowest BCUT2D eigenvalue weighted by atomic mass is 10.00. The van der Waals surface area contributed by atoms with Crippen LogP contribution in [0.2, 0.25) is 0 Å². The molecule has 0 radical (unpaired) electrons. The van der Waals surface area contributed by atoms with Gasteiger partial charge in [-0.2, -0.15) is 0 Å². The third kappa shape index (κ3) is 3.95. The van der Waals surface area contributed by atoms with E-state index in [1.54, 1.807) is 25.2 Å². The minimum absolute atomic E-state index is 0.0538. The Balaban J connectivity index is 2.14. The summed E-state index contributed by atoms with van der Waals surface area (Å²) in [6.45, 7) is 1.15. The largest absolute Gasteiger partial charge is 0.490 e. The number of likely N-dealkylation sites (N-methyl/N-ethyl adjacent to an activating group) is 1. The Morgan fingerprint density at radius 3 is 2.67 bits per heavy atom. The van der Waals surface area contributed by atoms with Gasteiger partial charge in [0.1, 0.15) is 0 Å². The van der Waals surface area contributed by atoms with Gasteiger partial charge < -0.3 is 19.9 Å². The van der Waals surface area contributed by atoms with Gasteiger partial charge in [0.15, 0.2) is 17.3 Å². The zero-order valence-electron chi connectivity index (χ0n) is 11.9. The van der Waals surface area contributed by atoms with Crippen molar-refractivity contribution in [2.24, 2.45) is 0 Å². The van der Waals surface area contributed by atoms with Gasteiger partial charge in [0.2, 0.25) is 0 Å². The normalized spacial score (nSPS) is 15.1. The SMILES string of the molecule is CNC(CCC(=O)O)C(=O)c1ccc2c(c1)OCCCO2. The molecule has 0 saturated heterocycles. The van der Waals surface area contributed by atoms with Crippen molar-refractivity contribution < 1.29 is 24.2 Å². The van der Waals surface area contributed by atoms with Crippen LogP contribution in [0.1, 0.15) is 29.6 Å². The van der Waals surface area contributed by atoms with Crippen molar-refractivity contribution in [1.29, 1.82) is 0 Å². The standard InChI is InChI=1S/C15H19NO5/c1-16-11(4-6-14(17)18)15(19)10-3-5-12-13(9-10)21-8-2-7-20-12/h3,5,9,11,16H,2,4,6-8H2,1H3,(H,17,18). The fourth-order valence-electron chi connectivity index (χ4n) is 2.19. The van der Waals surface area contributed by atoms with Crippen LogP contribution in [-0.2, 0) is 4.79 Å². The van der Waals surface area contributed by atoms with Crippen LogP contribution in [0, 0.1) is 0 Å². The van der Waals surface area contributed by atoms with Gasteiger partial charge in [-0.15, -0.1) is 0 Å². The highest BCUT2D eigenvalue weighted by atomic mass is 16.5. The predicted molar refractivity (Wildman–Crippen MR) is 76.1 cm³/mol. The number of ketones is 1. The minimum atomic E-state index is -0.915. The quantitative estimate of drug-likeness (QED) is 0.773. The lowest BCUT2D eigenvalue weighted by Gasteiger charge is -2.15. The molecule has 1 aromatic rings. The van der Waals surface area contributed by atoms with Crippen LogP contribution in [0.25, 0.3) is 0 Å². The van der Waals surface area contributed by atoms with E-state index in [1.807, 2.05) is 0 Å². The summed E-state index contributed by atoms with van der Waals surface area (Å²) < 4.78 is 11.1. The van der Waals surface area contributed by atoms with Crippen molar-refractivity contribution in [3.63, 3.8) is 0 Å². The van der Waals surface area contributed by atoms with E-state index in [9.17, 15) is 9.59 Å². The number of ether oxygens (including phenoxy) is 2. The summed E-state index contributed by atoms with van der Waals surface area (Å²) in [5.74, 6) is 0.137. The second kappa shape index (κ2) is 7.08. The number of carbonyl (C=O) groups is 2. The lowest BCUT2D eigenvalue weighted by Crippen LogP contribution is -2.34. The maximum atomic E-state index is 12.4. The third-order valence-electron chi connectivity index (χ3n) is 3.34. The van der Waals surface area contributed by atoms with Gasteiger partial charge in [-0.3, -0.25) is 9.59 Å². The first-order chi connectivity index (χ1) is 10.1. The van der Waals surface area contributed by atoms with E-state index < -0.39 is 12.0 Å². The van der Waals surface area contributed by atoms with Gasteiger partial charge in [0.05, 0.1) is 19.3 Å². The first kappa shape index (κ1) is 15.3. The second-order valence-corrected chi connectivity index (χ2v) is 4.85. The summed E-state index contributed by atoms with van der Waals surface area (Å²) in [4.78, 5) is 23.0. The molecule has 6 nitrogen and oxygen atoms in total. The number of fused-ring (bicyclic) bond motifs is 1. The first-order valence-electron chi connectivity index (χ1n) is 6.94. The van der Waals surface area contributed by atoms with E-state index in [0.717, 1.165) is 6.42 Å². The fraction of sp³-hybridized carbons (Fsp3) is 0.467. The molecule has 1 aromatic carbocycles. The van der Waals surface area contributed by atoms with Crippen molar-refractivity contribution in [3.05, 3.63) is 23.8 Å². The van der Waals surface area contributed by atoms with Gasteiger partial charge in [0.25, 0.3) is 0 Å². The predicted octanol–water partition coefficient (Wildman–Crippen LogP) is 1.48. The van der Waals surface area contributed by atoms with E-state index in [0.29, 0.717) is 30.3 Å². The number of Topliss-reactive ketones (excluding diaryl/α,β-unsaturated/α-hetero) is 1. The number of aliphatic carboxylic acids is 1. The average molecular weight is 293 g/mol. The summed E-state index contributed by atoms with van der Waals surface area (Å²) >= 11 is 0. The number of carbonyl (C=O) groups excluding carboxylic acids is 1. The van der Waals surface area contributed by atoms with Gasteiger partial charge >= 0.3 is 5.97 Å². The van der Waals surface area contributed by atoms with Crippen molar-refractivity contribution in [2.75, 3.05) is 20.3 Å². The molecule has 1 unspecified atom stereocenters. The molecule has 0 aromatic heterocycles. The number of benzene rings is 1. The molecule has 2 N–H and O–H groups in total. The summed E-state index contributed by atoms with van der Waals surface area (Å²) in [5.41, 5.74) is 0.490. The van der Waals surface area contributed by atoms with Crippen LogP contribution in [0.5, 0.6) is 11.5 Å². The summed E-state index contributed by atoms with van der Waals surface area (Å²) in [6, 6.07) is 4.54. The Morgan fingerprint density at radius 2 is 2.00 bits per heavy atom. The summed E-state index contributed by atoms with van der Waals surface area (Å²) in [5, 5.41) is 11.6. The molecule has 0 amide bonds. The molecule has 2 rings (SSSR count). The number of hydrogen-bond donors (Lipinski definition) is 2. The third-order valence-corrected chi connectivity index (χ3v) is 3.34. The van der Waals surface area contributed by atoms with Crippen LogP contribution in [0.4, 0.5) is 0 Å². The Hall–Kier alpha value is -2.08. The molecule has 0 saturated carbocycles. The summed E-state index contributed by atoms with van der Waals surface area (Å²) in [7, 11) is 1.65. The number of carboxylic acids is 1. The van der Waals surface area contributed by atoms with Crippen molar-refractivity contribution in [1.82, 2.24) is 5.32 Å². The van der Waals surface area contributed by atoms with E-state index in [2.05, 4.69) is 5.32 Å². The van der Waals surface area contributed by atoms with Gasteiger partial charge in [-0.1, -0.05) is 0 Å². The minimum Gasteiger partial charge on any atom is -0.490 e. The molecular formula is C15H19NO5. The number of carboxylic acid groups (broad SMARTS) is 1. The molecule has 1 heterocycles. The van der Waals surface area contributed by atoms with Crippen molar-refractivity contribution >= 4 is 11.8 Å². The molecular weight excluding hydrogens is 274 g/mol. The van der Waals surface area contributed by atoms with Crippen LogP contribution in [0.3, 0.4) is 0 Å². The molecule has 0 aliphatic carbocycles. The van der Waals surface area contributed by atoms with Crippen LogP contribution in [0.15, 0.2) is 18.2 Å². The van der Waals surface area contributed by atoms with Gasteiger partial charge in [0, 0.05) is 18.4 Å². The average Bonchev–Trinajstić information content (AvgIpc) is 2.71. The Labute approximate surface area is 123 Å². The second-order valence-electron chi connectivity index (χ2n) is 4.85. The fourth-order valence-corrected chi connectivity index (χ4v) is 2.19. The molecule has 114 valence electrons. The number of nitrogens with one attached hydrogen (secondary N) is 1. The van der Waals surface area contributed by atoms with Gasteiger partial charge in [-0.25, -0.2) is 0 Å². The monoisotopic (exact) mass is 293 g/mol. The van der Waals surface area contributed by atoms with E-state index in [4.69, 9.17) is 14.6 Å². The van der Waals surface area contributed by atoms with E-state index >= 15 is 0 Å². The zero-order valence-corrected chi connectivity index (χ0v) is 11.9. The molecule has 1 atom stereocenters. The Kier molecular flexibility index (Phi) is 5.16. The molecule has 1 aliphatic rings. The summed E-state index contributed by atoms with van der Waals surface area (Å²) in [6.07, 6.45) is 0.997. The Bertz CT molecular complexity index is 529. The maximum absolute atomic E-state index is 12.4. The van der Waals surface area contributed by atoms with Gasteiger partial charge in [-0.05, 0) is 31.7 Å². The van der Waals surface area contributed by atoms with E-state index in [-0.39, 0.29) is 18.6 Å².